The topological polar surface area (TPSA) is 58.4 Å². The molecule has 3 N–H and O–H groups in total. The highest BCUT2D eigenvalue weighted by atomic mass is 32.2. The van der Waals surface area contributed by atoms with E-state index >= 15 is 0 Å². The number of nitrogens with two attached hydrogens (primary N) is 1. The molecule has 1 fully saturated rings. The van der Waals surface area contributed by atoms with Crippen molar-refractivity contribution in [2.45, 2.75) is 38.3 Å². The first-order valence-electron chi connectivity index (χ1n) is 6.38. The van der Waals surface area contributed by atoms with Crippen LogP contribution in [-0.4, -0.2) is 54.5 Å². The van der Waals surface area contributed by atoms with Gasteiger partial charge < -0.3 is 11.1 Å². The van der Waals surface area contributed by atoms with E-state index in [0.29, 0.717) is 12.6 Å². The van der Waals surface area contributed by atoms with Gasteiger partial charge in [-0.05, 0) is 38.2 Å². The molecule has 1 heterocycles. The molecule has 0 aromatic carbocycles. The largest absolute Gasteiger partial charge is 0.353 e. The summed E-state index contributed by atoms with van der Waals surface area (Å²) in [4.78, 5) is 14.0. The fourth-order valence-corrected chi connectivity index (χ4v) is 2.59. The summed E-state index contributed by atoms with van der Waals surface area (Å²) in [5.74, 6) is 1.24. The maximum absolute atomic E-state index is 11.8. The Morgan fingerprint density at radius 3 is 2.76 bits per heavy atom. The summed E-state index contributed by atoms with van der Waals surface area (Å²) in [5.41, 5.74) is 5.83. The normalized spacial score (nSPS) is 20.2. The monoisotopic (exact) mass is 259 g/mol. The molecule has 1 amide bonds. The van der Waals surface area contributed by atoms with E-state index in [1.54, 1.807) is 0 Å². The lowest BCUT2D eigenvalue weighted by Crippen LogP contribution is -2.46. The Morgan fingerprint density at radius 2 is 2.18 bits per heavy atom. The zero-order valence-electron chi connectivity index (χ0n) is 10.9. The number of carbonyl (C=O) groups excluding carboxylic acids is 1. The molecular formula is C12H25N3OS. The highest BCUT2D eigenvalue weighted by molar-refractivity contribution is 7.98. The molecule has 1 aliphatic rings. The number of nitrogens with one attached hydrogen (secondary N) is 1. The number of piperidine rings is 1. The summed E-state index contributed by atoms with van der Waals surface area (Å²) >= 11 is 1.82. The second-order valence-electron chi connectivity index (χ2n) is 4.86. The van der Waals surface area contributed by atoms with Crippen LogP contribution in [0.25, 0.3) is 0 Å². The summed E-state index contributed by atoms with van der Waals surface area (Å²) in [6, 6.07) is 0.608. The minimum absolute atomic E-state index is 0.147. The summed E-state index contributed by atoms with van der Waals surface area (Å²) in [5, 5.41) is 3.05. The van der Waals surface area contributed by atoms with Crippen molar-refractivity contribution in [3.8, 4) is 0 Å². The number of rotatable bonds is 6. The van der Waals surface area contributed by atoms with Gasteiger partial charge in [-0.2, -0.15) is 11.8 Å². The van der Waals surface area contributed by atoms with Gasteiger partial charge in [0.15, 0.2) is 0 Å². The van der Waals surface area contributed by atoms with E-state index in [-0.39, 0.29) is 11.9 Å². The summed E-state index contributed by atoms with van der Waals surface area (Å²) in [6.45, 7) is 4.50. The first kappa shape index (κ1) is 14.8. The van der Waals surface area contributed by atoms with Gasteiger partial charge in [0.1, 0.15) is 0 Å². The Morgan fingerprint density at radius 1 is 1.53 bits per heavy atom. The van der Waals surface area contributed by atoms with Crippen LogP contribution in [-0.2, 0) is 4.79 Å². The van der Waals surface area contributed by atoms with Gasteiger partial charge in [0.2, 0.25) is 5.91 Å². The fourth-order valence-electron chi connectivity index (χ4n) is 2.00. The molecule has 1 rings (SSSR count). The van der Waals surface area contributed by atoms with Gasteiger partial charge in [-0.25, -0.2) is 0 Å². The molecule has 17 heavy (non-hydrogen) atoms. The SMILES string of the molecule is CSCCC(C)NC(=O)CN1CCC(N)CC1. The molecule has 100 valence electrons. The van der Waals surface area contributed by atoms with Gasteiger partial charge in [0.25, 0.3) is 0 Å². The minimum Gasteiger partial charge on any atom is -0.353 e. The van der Waals surface area contributed by atoms with Crippen LogP contribution in [0.15, 0.2) is 0 Å². The molecule has 0 aliphatic carbocycles. The van der Waals surface area contributed by atoms with Gasteiger partial charge in [-0.1, -0.05) is 0 Å². The van der Waals surface area contributed by atoms with Crippen molar-refractivity contribution in [2.75, 3.05) is 31.6 Å². The van der Waals surface area contributed by atoms with Crippen molar-refractivity contribution in [3.05, 3.63) is 0 Å². The molecule has 0 radical (unpaired) electrons. The number of likely N-dealkylation sites (tertiary alicyclic amines) is 1. The van der Waals surface area contributed by atoms with Crippen LogP contribution in [0.1, 0.15) is 26.2 Å². The lowest BCUT2D eigenvalue weighted by atomic mass is 10.1. The maximum atomic E-state index is 11.8. The third-order valence-corrected chi connectivity index (χ3v) is 3.81. The first-order valence-corrected chi connectivity index (χ1v) is 7.77. The third-order valence-electron chi connectivity index (χ3n) is 3.16. The number of carbonyl (C=O) groups is 1. The van der Waals surface area contributed by atoms with Crippen molar-refractivity contribution in [2.24, 2.45) is 5.73 Å². The smallest absolute Gasteiger partial charge is 0.234 e. The van der Waals surface area contributed by atoms with Gasteiger partial charge >= 0.3 is 0 Å². The number of hydrogen-bond acceptors (Lipinski definition) is 4. The Hall–Kier alpha value is -0.260. The zero-order chi connectivity index (χ0) is 12.7. The summed E-state index contributed by atoms with van der Waals surface area (Å²) in [6.07, 6.45) is 5.15. The van der Waals surface area contributed by atoms with Crippen molar-refractivity contribution in [3.63, 3.8) is 0 Å². The van der Waals surface area contributed by atoms with E-state index in [0.717, 1.165) is 38.1 Å². The molecule has 1 atom stereocenters. The zero-order valence-corrected chi connectivity index (χ0v) is 11.8. The Bertz CT molecular complexity index is 230. The molecule has 1 aliphatic heterocycles. The Balaban J connectivity index is 2.16. The quantitative estimate of drug-likeness (QED) is 0.736. The van der Waals surface area contributed by atoms with Gasteiger partial charge in [0, 0.05) is 25.2 Å². The Labute approximate surface area is 109 Å². The second kappa shape index (κ2) is 7.95. The molecule has 0 aromatic heterocycles. The van der Waals surface area contributed by atoms with Crippen molar-refractivity contribution in [1.29, 1.82) is 0 Å². The van der Waals surface area contributed by atoms with Gasteiger partial charge in [-0.15, -0.1) is 0 Å². The maximum Gasteiger partial charge on any atom is 0.234 e. The lowest BCUT2D eigenvalue weighted by molar-refractivity contribution is -0.123. The third kappa shape index (κ3) is 6.29. The van der Waals surface area contributed by atoms with Crippen LogP contribution >= 0.6 is 11.8 Å². The Kier molecular flexibility index (Phi) is 6.92. The number of amides is 1. The van der Waals surface area contributed by atoms with Crippen LogP contribution in [0, 0.1) is 0 Å². The molecule has 5 heteroatoms. The molecule has 0 aromatic rings. The lowest BCUT2D eigenvalue weighted by Gasteiger charge is -2.29. The molecule has 1 saturated heterocycles. The average molecular weight is 259 g/mol. The van der Waals surface area contributed by atoms with Crippen LogP contribution in [0.2, 0.25) is 0 Å². The van der Waals surface area contributed by atoms with Crippen LogP contribution < -0.4 is 11.1 Å². The molecule has 0 saturated carbocycles. The molecule has 0 bridgehead atoms. The van der Waals surface area contributed by atoms with E-state index in [2.05, 4.69) is 23.4 Å². The fraction of sp³-hybridized carbons (Fsp3) is 0.917. The predicted molar refractivity (Wildman–Crippen MR) is 74.3 cm³/mol. The first-order chi connectivity index (χ1) is 8.11. The van der Waals surface area contributed by atoms with Crippen LogP contribution in [0.4, 0.5) is 0 Å². The van der Waals surface area contributed by atoms with E-state index in [1.807, 2.05) is 11.8 Å². The highest BCUT2D eigenvalue weighted by Gasteiger charge is 2.18. The number of hydrogen-bond donors (Lipinski definition) is 2. The standard InChI is InChI=1S/C12H25N3OS/c1-10(5-8-17-2)14-12(16)9-15-6-3-11(13)4-7-15/h10-11H,3-9,13H2,1-2H3,(H,14,16). The molecular weight excluding hydrogens is 234 g/mol. The van der Waals surface area contributed by atoms with Crippen LogP contribution in [0.5, 0.6) is 0 Å². The number of thioether (sulfide) groups is 1. The summed E-state index contributed by atoms with van der Waals surface area (Å²) < 4.78 is 0. The van der Waals surface area contributed by atoms with Crippen molar-refractivity contribution in [1.82, 2.24) is 10.2 Å². The van der Waals surface area contributed by atoms with E-state index in [1.165, 1.54) is 0 Å². The molecule has 1 unspecified atom stereocenters. The van der Waals surface area contributed by atoms with E-state index in [4.69, 9.17) is 5.73 Å². The van der Waals surface area contributed by atoms with Gasteiger partial charge in [0.05, 0.1) is 6.54 Å². The van der Waals surface area contributed by atoms with Gasteiger partial charge in [-0.3, -0.25) is 9.69 Å². The molecule has 0 spiro atoms. The summed E-state index contributed by atoms with van der Waals surface area (Å²) in [7, 11) is 0. The van der Waals surface area contributed by atoms with E-state index in [9.17, 15) is 4.79 Å². The number of nitrogens with zero attached hydrogens (tertiary/aromatic N) is 1. The molecule has 4 nitrogen and oxygen atoms in total. The average Bonchev–Trinajstić information content (AvgIpc) is 2.29. The van der Waals surface area contributed by atoms with E-state index < -0.39 is 0 Å². The minimum atomic E-state index is 0.147. The van der Waals surface area contributed by atoms with Crippen molar-refractivity contribution < 1.29 is 4.79 Å². The van der Waals surface area contributed by atoms with Crippen molar-refractivity contribution >= 4 is 17.7 Å². The highest BCUT2D eigenvalue weighted by Crippen LogP contribution is 2.07. The van der Waals surface area contributed by atoms with Crippen LogP contribution in [0.3, 0.4) is 0 Å². The predicted octanol–water partition coefficient (Wildman–Crippen LogP) is 0.667. The second-order valence-corrected chi connectivity index (χ2v) is 5.85.